The Labute approximate surface area is 157 Å². The number of carbonyl (C=O) groups excluding carboxylic acids is 1. The second-order valence-electron chi connectivity index (χ2n) is 5.98. The lowest BCUT2D eigenvalue weighted by Crippen LogP contribution is -2.12. The first-order valence-electron chi connectivity index (χ1n) is 8.58. The van der Waals surface area contributed by atoms with E-state index in [1.165, 1.54) is 12.1 Å². The molecule has 0 spiro atoms. The van der Waals surface area contributed by atoms with Gasteiger partial charge in [0, 0.05) is 12.1 Å². The van der Waals surface area contributed by atoms with E-state index in [2.05, 4.69) is 5.32 Å². The number of carbonyl (C=O) groups is 1. The molecular weight excluding hydrogens is 345 g/mol. The van der Waals surface area contributed by atoms with Crippen molar-refractivity contribution >= 4 is 11.6 Å². The number of amides is 1. The summed E-state index contributed by atoms with van der Waals surface area (Å²) in [6.45, 7) is 0. The van der Waals surface area contributed by atoms with Crippen LogP contribution in [0.3, 0.4) is 0 Å². The van der Waals surface area contributed by atoms with Gasteiger partial charge in [-0.05, 0) is 72.6 Å². The van der Waals surface area contributed by atoms with E-state index in [1.54, 1.807) is 43.5 Å². The first-order valence-corrected chi connectivity index (χ1v) is 8.58. The molecule has 5 heteroatoms. The number of halogens is 1. The first-order chi connectivity index (χ1) is 13.1. The standard InChI is InChI=1S/C22H20FNO3/c1-26-19-12-8-18(9-13-19)24-22(25)14-5-16-3-2-4-21(15-16)27-20-10-6-17(23)7-11-20/h2-4,6-13,15H,5,14H2,1H3,(H,24,25). The van der Waals surface area contributed by atoms with Gasteiger partial charge in [0.1, 0.15) is 23.1 Å². The Hall–Kier alpha value is -3.34. The summed E-state index contributed by atoms with van der Waals surface area (Å²) >= 11 is 0. The van der Waals surface area contributed by atoms with Crippen LogP contribution in [0.2, 0.25) is 0 Å². The number of aryl methyl sites for hydroxylation is 1. The average molecular weight is 365 g/mol. The van der Waals surface area contributed by atoms with Crippen molar-refractivity contribution < 1.29 is 18.7 Å². The third kappa shape index (κ3) is 5.57. The molecule has 0 radical (unpaired) electrons. The van der Waals surface area contributed by atoms with Crippen molar-refractivity contribution in [3.63, 3.8) is 0 Å². The second kappa shape index (κ2) is 8.85. The monoisotopic (exact) mass is 365 g/mol. The molecule has 0 aliphatic rings. The summed E-state index contributed by atoms with van der Waals surface area (Å²) in [5.41, 5.74) is 1.72. The van der Waals surface area contributed by atoms with Crippen molar-refractivity contribution in [1.29, 1.82) is 0 Å². The molecule has 27 heavy (non-hydrogen) atoms. The number of anilines is 1. The lowest BCUT2D eigenvalue weighted by Gasteiger charge is -2.09. The van der Waals surface area contributed by atoms with E-state index in [4.69, 9.17) is 9.47 Å². The fraction of sp³-hybridized carbons (Fsp3) is 0.136. The predicted molar refractivity (Wildman–Crippen MR) is 103 cm³/mol. The molecular formula is C22H20FNO3. The number of ether oxygens (including phenoxy) is 2. The number of nitrogens with one attached hydrogen (secondary N) is 1. The van der Waals surface area contributed by atoms with Crippen molar-refractivity contribution in [1.82, 2.24) is 0 Å². The van der Waals surface area contributed by atoms with Gasteiger partial charge in [-0.15, -0.1) is 0 Å². The van der Waals surface area contributed by atoms with Crippen LogP contribution >= 0.6 is 0 Å². The van der Waals surface area contributed by atoms with Gasteiger partial charge in [0.25, 0.3) is 0 Å². The molecule has 0 heterocycles. The van der Waals surface area contributed by atoms with Gasteiger partial charge in [0.15, 0.2) is 0 Å². The Morgan fingerprint density at radius 1 is 0.926 bits per heavy atom. The molecule has 0 aliphatic carbocycles. The molecule has 0 saturated carbocycles. The zero-order valence-electron chi connectivity index (χ0n) is 14.9. The molecule has 3 aromatic rings. The molecule has 0 saturated heterocycles. The van der Waals surface area contributed by atoms with Crippen molar-refractivity contribution in [2.45, 2.75) is 12.8 Å². The number of methoxy groups -OCH3 is 1. The normalized spacial score (nSPS) is 10.3. The molecule has 1 amide bonds. The van der Waals surface area contributed by atoms with Crippen LogP contribution in [0, 0.1) is 5.82 Å². The predicted octanol–water partition coefficient (Wildman–Crippen LogP) is 5.20. The summed E-state index contributed by atoms with van der Waals surface area (Å²) in [5, 5.41) is 2.86. The zero-order chi connectivity index (χ0) is 19.1. The van der Waals surface area contributed by atoms with Crippen LogP contribution in [0.4, 0.5) is 10.1 Å². The summed E-state index contributed by atoms with van der Waals surface area (Å²) in [7, 11) is 1.60. The van der Waals surface area contributed by atoms with E-state index in [0.29, 0.717) is 24.3 Å². The van der Waals surface area contributed by atoms with Crippen LogP contribution in [0.5, 0.6) is 17.2 Å². The van der Waals surface area contributed by atoms with Crippen LogP contribution in [-0.4, -0.2) is 13.0 Å². The number of benzene rings is 3. The number of hydrogen-bond acceptors (Lipinski definition) is 3. The number of rotatable bonds is 7. The summed E-state index contributed by atoms with van der Waals surface area (Å²) in [4.78, 5) is 12.1. The Bertz CT molecular complexity index is 892. The molecule has 4 nitrogen and oxygen atoms in total. The van der Waals surface area contributed by atoms with Gasteiger partial charge in [-0.3, -0.25) is 4.79 Å². The molecule has 0 atom stereocenters. The minimum atomic E-state index is -0.307. The van der Waals surface area contributed by atoms with Gasteiger partial charge in [-0.1, -0.05) is 12.1 Å². The van der Waals surface area contributed by atoms with E-state index < -0.39 is 0 Å². The highest BCUT2D eigenvalue weighted by molar-refractivity contribution is 5.90. The summed E-state index contributed by atoms with van der Waals surface area (Å²) in [6, 6.07) is 20.6. The molecule has 3 rings (SSSR count). The van der Waals surface area contributed by atoms with Gasteiger partial charge >= 0.3 is 0 Å². The molecule has 0 aromatic heterocycles. The zero-order valence-corrected chi connectivity index (χ0v) is 14.9. The first kappa shape index (κ1) is 18.5. The fourth-order valence-corrected chi connectivity index (χ4v) is 2.56. The van der Waals surface area contributed by atoms with Crippen molar-refractivity contribution in [3.8, 4) is 17.2 Å². The lowest BCUT2D eigenvalue weighted by atomic mass is 10.1. The van der Waals surface area contributed by atoms with Crippen LogP contribution < -0.4 is 14.8 Å². The van der Waals surface area contributed by atoms with E-state index in [9.17, 15) is 9.18 Å². The third-order valence-corrected chi connectivity index (χ3v) is 3.96. The van der Waals surface area contributed by atoms with Gasteiger partial charge < -0.3 is 14.8 Å². The summed E-state index contributed by atoms with van der Waals surface area (Å²) in [6.07, 6.45) is 0.939. The smallest absolute Gasteiger partial charge is 0.224 e. The molecule has 0 bridgehead atoms. The highest BCUT2D eigenvalue weighted by atomic mass is 19.1. The van der Waals surface area contributed by atoms with E-state index in [0.717, 1.165) is 17.0 Å². The highest BCUT2D eigenvalue weighted by Crippen LogP contribution is 2.23. The minimum Gasteiger partial charge on any atom is -0.497 e. The van der Waals surface area contributed by atoms with Gasteiger partial charge in [0.2, 0.25) is 5.91 Å². The molecule has 3 aromatic carbocycles. The maximum Gasteiger partial charge on any atom is 0.224 e. The minimum absolute atomic E-state index is 0.0648. The van der Waals surface area contributed by atoms with Crippen LogP contribution in [0.15, 0.2) is 72.8 Å². The molecule has 1 N–H and O–H groups in total. The fourth-order valence-electron chi connectivity index (χ4n) is 2.56. The summed E-state index contributed by atoms with van der Waals surface area (Å²) in [5.74, 6) is 1.58. The molecule has 0 unspecified atom stereocenters. The maximum atomic E-state index is 13.0. The van der Waals surface area contributed by atoms with Gasteiger partial charge in [0.05, 0.1) is 7.11 Å². The SMILES string of the molecule is COc1ccc(NC(=O)CCc2cccc(Oc3ccc(F)cc3)c2)cc1. The molecule has 138 valence electrons. The Kier molecular flexibility index (Phi) is 6.05. The van der Waals surface area contributed by atoms with E-state index in [-0.39, 0.29) is 11.7 Å². The Morgan fingerprint density at radius 2 is 1.63 bits per heavy atom. The van der Waals surface area contributed by atoms with E-state index in [1.807, 2.05) is 24.3 Å². The Balaban J connectivity index is 1.54. The largest absolute Gasteiger partial charge is 0.497 e. The van der Waals surface area contributed by atoms with Crippen LogP contribution in [-0.2, 0) is 11.2 Å². The van der Waals surface area contributed by atoms with Crippen LogP contribution in [0.1, 0.15) is 12.0 Å². The highest BCUT2D eigenvalue weighted by Gasteiger charge is 2.05. The quantitative estimate of drug-likeness (QED) is 0.626. The topological polar surface area (TPSA) is 47.6 Å². The van der Waals surface area contributed by atoms with Crippen molar-refractivity contribution in [2.75, 3.05) is 12.4 Å². The van der Waals surface area contributed by atoms with Gasteiger partial charge in [-0.2, -0.15) is 0 Å². The van der Waals surface area contributed by atoms with Crippen molar-refractivity contribution in [3.05, 3.63) is 84.2 Å². The van der Waals surface area contributed by atoms with Crippen LogP contribution in [0.25, 0.3) is 0 Å². The summed E-state index contributed by atoms with van der Waals surface area (Å²) < 4.78 is 23.8. The lowest BCUT2D eigenvalue weighted by molar-refractivity contribution is -0.116. The third-order valence-electron chi connectivity index (χ3n) is 3.96. The number of hydrogen-bond donors (Lipinski definition) is 1. The second-order valence-corrected chi connectivity index (χ2v) is 5.98. The average Bonchev–Trinajstić information content (AvgIpc) is 2.69. The maximum absolute atomic E-state index is 13.0. The molecule has 0 aliphatic heterocycles. The Morgan fingerprint density at radius 3 is 2.33 bits per heavy atom. The van der Waals surface area contributed by atoms with E-state index >= 15 is 0 Å². The van der Waals surface area contributed by atoms with Gasteiger partial charge in [-0.25, -0.2) is 4.39 Å². The molecule has 0 fully saturated rings. The van der Waals surface area contributed by atoms with Crippen molar-refractivity contribution in [2.24, 2.45) is 0 Å².